The molecule has 1 unspecified atom stereocenters. The van der Waals surface area contributed by atoms with Gasteiger partial charge in [-0.2, -0.15) is 0 Å². The van der Waals surface area contributed by atoms with Gasteiger partial charge in [-0.3, -0.25) is 14.5 Å². The predicted molar refractivity (Wildman–Crippen MR) is 129 cm³/mol. The maximum atomic E-state index is 13.3. The van der Waals surface area contributed by atoms with Crippen LogP contribution in [0.15, 0.2) is 66.2 Å². The number of carbonyl (C=O) groups excluding carboxylic acids is 2. The van der Waals surface area contributed by atoms with Gasteiger partial charge in [-0.15, -0.1) is 0 Å². The van der Waals surface area contributed by atoms with E-state index in [-0.39, 0.29) is 22.1 Å². The van der Waals surface area contributed by atoms with Crippen LogP contribution < -0.4 is 14.4 Å². The Morgan fingerprint density at radius 1 is 0.941 bits per heavy atom. The molecule has 8 heteroatoms. The normalized spacial score (nSPS) is 17.2. The first-order valence-corrected chi connectivity index (χ1v) is 10.7. The van der Waals surface area contributed by atoms with E-state index in [4.69, 9.17) is 21.1 Å². The standard InChI is InChI=1S/C26H22ClNO6/c1-14-12-18(34-3)9-10-19(14)24(30)22-23(15-4-11-21(29)20(27)13-15)28(26(32)25(22)31)16-5-7-17(33-2)8-6-16/h4-13,23,29-30H,1-3H3/b24-22-. The van der Waals surface area contributed by atoms with Crippen LogP contribution in [-0.2, 0) is 9.59 Å². The summed E-state index contributed by atoms with van der Waals surface area (Å²) in [5, 5.41) is 21.2. The van der Waals surface area contributed by atoms with Crippen LogP contribution >= 0.6 is 11.6 Å². The molecule has 1 saturated heterocycles. The highest BCUT2D eigenvalue weighted by Crippen LogP contribution is 2.44. The zero-order chi connectivity index (χ0) is 24.6. The highest BCUT2D eigenvalue weighted by atomic mass is 35.5. The van der Waals surface area contributed by atoms with Gasteiger partial charge in [0.25, 0.3) is 11.7 Å². The Morgan fingerprint density at radius 3 is 2.18 bits per heavy atom. The average Bonchev–Trinajstić information content (AvgIpc) is 3.10. The number of carbonyl (C=O) groups is 2. The summed E-state index contributed by atoms with van der Waals surface area (Å²) in [6.07, 6.45) is 0. The van der Waals surface area contributed by atoms with Gasteiger partial charge in [0.15, 0.2) is 0 Å². The lowest BCUT2D eigenvalue weighted by molar-refractivity contribution is -0.132. The number of aryl methyl sites for hydroxylation is 1. The molecule has 0 aliphatic carbocycles. The van der Waals surface area contributed by atoms with Crippen molar-refractivity contribution < 1.29 is 29.3 Å². The van der Waals surface area contributed by atoms with E-state index < -0.39 is 17.7 Å². The second-order valence-corrected chi connectivity index (χ2v) is 8.17. The minimum atomic E-state index is -0.979. The topological polar surface area (TPSA) is 96.3 Å². The molecule has 1 aliphatic heterocycles. The molecule has 1 amide bonds. The number of rotatable bonds is 5. The van der Waals surface area contributed by atoms with E-state index in [0.29, 0.717) is 33.9 Å². The molecule has 174 valence electrons. The van der Waals surface area contributed by atoms with E-state index in [1.807, 2.05) is 0 Å². The molecule has 7 nitrogen and oxygen atoms in total. The summed E-state index contributed by atoms with van der Waals surface area (Å²) in [6.45, 7) is 1.77. The zero-order valence-corrected chi connectivity index (χ0v) is 19.5. The second kappa shape index (κ2) is 9.11. The van der Waals surface area contributed by atoms with Gasteiger partial charge in [-0.05, 0) is 72.6 Å². The first-order chi connectivity index (χ1) is 16.3. The summed E-state index contributed by atoms with van der Waals surface area (Å²) in [4.78, 5) is 27.8. The third kappa shape index (κ3) is 3.95. The Balaban J connectivity index is 1.95. The molecule has 4 rings (SSSR count). The van der Waals surface area contributed by atoms with Crippen LogP contribution in [0.5, 0.6) is 17.2 Å². The number of aromatic hydroxyl groups is 1. The number of hydrogen-bond acceptors (Lipinski definition) is 6. The second-order valence-electron chi connectivity index (χ2n) is 7.76. The van der Waals surface area contributed by atoms with Crippen LogP contribution in [-0.4, -0.2) is 36.1 Å². The summed E-state index contributed by atoms with van der Waals surface area (Å²) < 4.78 is 10.4. The number of methoxy groups -OCH3 is 2. The van der Waals surface area contributed by atoms with Crippen molar-refractivity contribution in [2.45, 2.75) is 13.0 Å². The Morgan fingerprint density at radius 2 is 1.59 bits per heavy atom. The van der Waals surface area contributed by atoms with Crippen LogP contribution in [0.4, 0.5) is 5.69 Å². The number of amides is 1. The van der Waals surface area contributed by atoms with Crippen LogP contribution in [0.3, 0.4) is 0 Å². The van der Waals surface area contributed by atoms with Crippen LogP contribution in [0, 0.1) is 6.92 Å². The van der Waals surface area contributed by atoms with Crippen molar-refractivity contribution in [1.82, 2.24) is 0 Å². The minimum absolute atomic E-state index is 0.0541. The fourth-order valence-corrected chi connectivity index (χ4v) is 4.21. The first kappa shape index (κ1) is 23.2. The van der Waals surface area contributed by atoms with Crippen molar-refractivity contribution in [3.8, 4) is 17.2 Å². The Labute approximate surface area is 201 Å². The number of phenolic OH excluding ortho intramolecular Hbond substituents is 1. The fraction of sp³-hybridized carbons (Fsp3) is 0.154. The zero-order valence-electron chi connectivity index (χ0n) is 18.7. The van der Waals surface area contributed by atoms with Crippen molar-refractivity contribution in [1.29, 1.82) is 0 Å². The van der Waals surface area contributed by atoms with Gasteiger partial charge in [0.2, 0.25) is 0 Å². The van der Waals surface area contributed by atoms with Gasteiger partial charge in [-0.1, -0.05) is 17.7 Å². The van der Waals surface area contributed by atoms with Gasteiger partial charge >= 0.3 is 0 Å². The van der Waals surface area contributed by atoms with Gasteiger partial charge in [0, 0.05) is 11.3 Å². The summed E-state index contributed by atoms with van der Waals surface area (Å²) in [5.41, 5.74) is 1.85. The van der Waals surface area contributed by atoms with Crippen LogP contribution in [0.2, 0.25) is 5.02 Å². The molecule has 34 heavy (non-hydrogen) atoms. The largest absolute Gasteiger partial charge is 0.507 e. The summed E-state index contributed by atoms with van der Waals surface area (Å²) >= 11 is 6.15. The van der Waals surface area contributed by atoms with E-state index >= 15 is 0 Å². The monoisotopic (exact) mass is 479 g/mol. The van der Waals surface area contributed by atoms with Crippen molar-refractivity contribution >= 4 is 34.7 Å². The van der Waals surface area contributed by atoms with Crippen molar-refractivity contribution in [3.05, 3.63) is 87.9 Å². The maximum Gasteiger partial charge on any atom is 0.300 e. The van der Waals surface area contributed by atoms with Crippen molar-refractivity contribution in [2.75, 3.05) is 19.1 Å². The molecule has 3 aromatic rings. The molecule has 0 bridgehead atoms. The molecule has 3 aromatic carbocycles. The molecule has 1 fully saturated rings. The Kier molecular flexibility index (Phi) is 6.22. The van der Waals surface area contributed by atoms with E-state index in [1.165, 1.54) is 31.3 Å². The van der Waals surface area contributed by atoms with E-state index in [9.17, 15) is 19.8 Å². The maximum absolute atomic E-state index is 13.3. The average molecular weight is 480 g/mol. The summed E-state index contributed by atoms with van der Waals surface area (Å²) in [6, 6.07) is 15.1. The molecule has 1 heterocycles. The molecular weight excluding hydrogens is 458 g/mol. The highest BCUT2D eigenvalue weighted by Gasteiger charge is 2.47. The molecule has 0 aromatic heterocycles. The van der Waals surface area contributed by atoms with Gasteiger partial charge < -0.3 is 19.7 Å². The quantitative estimate of drug-likeness (QED) is 0.304. The minimum Gasteiger partial charge on any atom is -0.507 e. The van der Waals surface area contributed by atoms with Gasteiger partial charge in [-0.25, -0.2) is 0 Å². The first-order valence-electron chi connectivity index (χ1n) is 10.3. The highest BCUT2D eigenvalue weighted by molar-refractivity contribution is 6.51. The predicted octanol–water partition coefficient (Wildman–Crippen LogP) is 5.00. The Bertz CT molecular complexity index is 1320. The number of aliphatic hydroxyl groups is 1. The lowest BCUT2D eigenvalue weighted by Crippen LogP contribution is -2.29. The number of ketones is 1. The molecule has 2 N–H and O–H groups in total. The number of anilines is 1. The van der Waals surface area contributed by atoms with E-state index in [0.717, 1.165) is 0 Å². The fourth-order valence-electron chi connectivity index (χ4n) is 4.02. The summed E-state index contributed by atoms with van der Waals surface area (Å²) in [7, 11) is 3.06. The lowest BCUT2D eigenvalue weighted by Gasteiger charge is -2.26. The molecule has 1 atom stereocenters. The SMILES string of the molecule is COc1ccc(N2C(=O)C(=O)/C(=C(\O)c3ccc(OC)cc3C)C2c2ccc(O)c(Cl)c2)cc1. The molecule has 0 radical (unpaired) electrons. The van der Waals surface area contributed by atoms with Crippen molar-refractivity contribution in [2.24, 2.45) is 0 Å². The Hall–Kier alpha value is -3.97. The smallest absolute Gasteiger partial charge is 0.300 e. The van der Waals surface area contributed by atoms with Crippen LogP contribution in [0.1, 0.15) is 22.7 Å². The van der Waals surface area contributed by atoms with E-state index in [1.54, 1.807) is 55.5 Å². The molecule has 1 aliphatic rings. The number of benzene rings is 3. The third-order valence-corrected chi connectivity index (χ3v) is 6.07. The lowest BCUT2D eigenvalue weighted by atomic mass is 9.93. The van der Waals surface area contributed by atoms with Gasteiger partial charge in [0.1, 0.15) is 23.0 Å². The molecular formula is C26H22ClNO6. The number of aliphatic hydroxyl groups excluding tert-OH is 1. The van der Waals surface area contributed by atoms with Crippen LogP contribution in [0.25, 0.3) is 5.76 Å². The number of phenols is 1. The number of halogens is 1. The van der Waals surface area contributed by atoms with Gasteiger partial charge in [0.05, 0.1) is 30.9 Å². The molecule has 0 spiro atoms. The van der Waals surface area contributed by atoms with E-state index in [2.05, 4.69) is 0 Å². The molecule has 0 saturated carbocycles. The number of hydrogen-bond donors (Lipinski definition) is 2. The number of nitrogens with zero attached hydrogens (tertiary/aromatic N) is 1. The summed E-state index contributed by atoms with van der Waals surface area (Å²) in [5.74, 6) is -0.917. The third-order valence-electron chi connectivity index (χ3n) is 5.77. The van der Waals surface area contributed by atoms with Crippen molar-refractivity contribution in [3.63, 3.8) is 0 Å². The number of ether oxygens (including phenoxy) is 2. The number of Topliss-reactive ketones (excluding diaryl/α,β-unsaturated/α-hetero) is 1.